The van der Waals surface area contributed by atoms with Crippen molar-refractivity contribution in [3.8, 4) is 0 Å². The number of nitrogens with one attached hydrogen (secondary N) is 1. The van der Waals surface area contributed by atoms with Gasteiger partial charge in [0.15, 0.2) is 0 Å². The van der Waals surface area contributed by atoms with Crippen LogP contribution in [0.25, 0.3) is 0 Å². The number of hydrogen-bond donors (Lipinski definition) is 2. The number of aromatic nitrogens is 2. The highest BCUT2D eigenvalue weighted by Crippen LogP contribution is 2.30. The quantitative estimate of drug-likeness (QED) is 0.828. The van der Waals surface area contributed by atoms with Gasteiger partial charge in [0.25, 0.3) is 0 Å². The molecular formula is C11H18BrN5O. The van der Waals surface area contributed by atoms with Crippen LogP contribution < -0.4 is 16.0 Å². The molecule has 0 aliphatic rings. The summed E-state index contributed by atoms with van der Waals surface area (Å²) in [5.41, 5.74) is 5.26. The third-order valence-electron chi connectivity index (χ3n) is 2.34. The molecule has 0 saturated heterocycles. The van der Waals surface area contributed by atoms with E-state index in [1.807, 2.05) is 25.7 Å². The van der Waals surface area contributed by atoms with Gasteiger partial charge in [-0.15, -0.1) is 0 Å². The first-order valence-corrected chi connectivity index (χ1v) is 6.56. The number of carbonyl (C=O) groups excluding carboxylic acids is 1. The van der Waals surface area contributed by atoms with Crippen molar-refractivity contribution >= 4 is 33.5 Å². The zero-order valence-corrected chi connectivity index (χ0v) is 12.4. The average molecular weight is 316 g/mol. The predicted molar refractivity (Wildman–Crippen MR) is 75.6 cm³/mol. The maximum Gasteiger partial charge on any atom is 0.237 e. The van der Waals surface area contributed by atoms with Gasteiger partial charge in [0.2, 0.25) is 5.91 Å². The molecule has 0 aromatic carbocycles. The van der Waals surface area contributed by atoms with E-state index in [0.717, 1.165) is 11.0 Å². The summed E-state index contributed by atoms with van der Waals surface area (Å²) in [4.78, 5) is 21.3. The molecule has 3 N–H and O–H groups in total. The number of nitrogens with zero attached hydrogens (tertiary/aromatic N) is 3. The van der Waals surface area contributed by atoms with Gasteiger partial charge in [0.1, 0.15) is 22.4 Å². The van der Waals surface area contributed by atoms with Gasteiger partial charge >= 0.3 is 0 Å². The molecule has 6 nitrogen and oxygen atoms in total. The Hall–Kier alpha value is -1.37. The molecule has 1 aromatic rings. The van der Waals surface area contributed by atoms with Crippen molar-refractivity contribution in [1.29, 1.82) is 0 Å². The minimum atomic E-state index is -0.390. The molecule has 0 unspecified atom stereocenters. The largest absolute Gasteiger partial charge is 0.369 e. The van der Waals surface area contributed by atoms with Gasteiger partial charge < -0.3 is 16.0 Å². The topological polar surface area (TPSA) is 84.1 Å². The first kappa shape index (κ1) is 14.7. The normalized spacial score (nSPS) is 10.5. The van der Waals surface area contributed by atoms with E-state index in [-0.39, 0.29) is 18.5 Å². The Morgan fingerprint density at radius 1 is 1.56 bits per heavy atom. The fourth-order valence-corrected chi connectivity index (χ4v) is 2.09. The Morgan fingerprint density at radius 2 is 2.22 bits per heavy atom. The molecule has 0 aliphatic heterocycles. The van der Waals surface area contributed by atoms with Crippen molar-refractivity contribution in [3.63, 3.8) is 0 Å². The number of amides is 1. The van der Waals surface area contributed by atoms with Gasteiger partial charge in [0, 0.05) is 12.6 Å². The zero-order chi connectivity index (χ0) is 13.7. The van der Waals surface area contributed by atoms with Gasteiger partial charge in [0.05, 0.1) is 6.54 Å². The molecule has 100 valence electrons. The van der Waals surface area contributed by atoms with Crippen molar-refractivity contribution in [1.82, 2.24) is 9.97 Å². The lowest BCUT2D eigenvalue weighted by molar-refractivity contribution is -0.116. The van der Waals surface area contributed by atoms with Crippen molar-refractivity contribution in [2.45, 2.75) is 26.8 Å². The third-order valence-corrected chi connectivity index (χ3v) is 3.07. The summed E-state index contributed by atoms with van der Waals surface area (Å²) < 4.78 is 0.738. The van der Waals surface area contributed by atoms with Crippen LogP contribution in [-0.4, -0.2) is 35.0 Å². The SMILES string of the molecule is CCNc1ncnc(N(CC(N)=O)C(C)C)c1Br. The van der Waals surface area contributed by atoms with Crippen LogP contribution in [0.4, 0.5) is 11.6 Å². The molecule has 1 heterocycles. The first-order valence-electron chi connectivity index (χ1n) is 5.76. The summed E-state index contributed by atoms with van der Waals surface area (Å²) in [6, 6.07) is 0.109. The third kappa shape index (κ3) is 3.56. The molecule has 0 aliphatic carbocycles. The minimum absolute atomic E-state index is 0.109. The molecule has 1 amide bonds. The molecule has 0 saturated carbocycles. The molecule has 0 fully saturated rings. The number of anilines is 2. The van der Waals surface area contributed by atoms with E-state index in [9.17, 15) is 4.79 Å². The summed E-state index contributed by atoms with van der Waals surface area (Å²) >= 11 is 3.46. The number of hydrogen-bond acceptors (Lipinski definition) is 5. The van der Waals surface area contributed by atoms with Gasteiger partial charge in [-0.1, -0.05) is 0 Å². The van der Waals surface area contributed by atoms with Crippen molar-refractivity contribution in [3.05, 3.63) is 10.8 Å². The Labute approximate surface area is 115 Å². The van der Waals surface area contributed by atoms with Gasteiger partial charge in [-0.2, -0.15) is 0 Å². The van der Waals surface area contributed by atoms with Gasteiger partial charge in [-0.05, 0) is 36.7 Å². The smallest absolute Gasteiger partial charge is 0.237 e. The number of halogens is 1. The summed E-state index contributed by atoms with van der Waals surface area (Å²) in [5.74, 6) is 0.978. The van der Waals surface area contributed by atoms with E-state index >= 15 is 0 Å². The number of primary amides is 1. The van der Waals surface area contributed by atoms with Crippen LogP contribution in [0.3, 0.4) is 0 Å². The zero-order valence-electron chi connectivity index (χ0n) is 10.8. The van der Waals surface area contributed by atoms with Crippen LogP contribution in [0.15, 0.2) is 10.8 Å². The maximum absolute atomic E-state index is 11.1. The predicted octanol–water partition coefficient (Wildman–Crippen LogP) is 1.37. The van der Waals surface area contributed by atoms with Crippen LogP contribution in [0, 0.1) is 0 Å². The molecule has 0 bridgehead atoms. The number of carbonyl (C=O) groups is 1. The highest BCUT2D eigenvalue weighted by Gasteiger charge is 2.19. The van der Waals surface area contributed by atoms with E-state index in [4.69, 9.17) is 5.73 Å². The van der Waals surface area contributed by atoms with E-state index in [1.165, 1.54) is 6.33 Å². The molecule has 0 atom stereocenters. The lowest BCUT2D eigenvalue weighted by Crippen LogP contribution is -2.39. The van der Waals surface area contributed by atoms with Crippen LogP contribution in [-0.2, 0) is 4.79 Å². The Morgan fingerprint density at radius 3 is 2.72 bits per heavy atom. The fourth-order valence-electron chi connectivity index (χ4n) is 1.52. The second kappa shape index (κ2) is 6.53. The second-order valence-corrected chi connectivity index (χ2v) is 4.87. The van der Waals surface area contributed by atoms with E-state index in [2.05, 4.69) is 31.2 Å². The van der Waals surface area contributed by atoms with Gasteiger partial charge in [-0.3, -0.25) is 4.79 Å². The monoisotopic (exact) mass is 315 g/mol. The first-order chi connectivity index (χ1) is 8.47. The summed E-state index contributed by atoms with van der Waals surface area (Å²) in [6.07, 6.45) is 1.47. The Bertz CT molecular complexity index is 424. The fraction of sp³-hybridized carbons (Fsp3) is 0.545. The molecule has 7 heteroatoms. The minimum Gasteiger partial charge on any atom is -0.369 e. The Balaban J connectivity index is 3.11. The summed E-state index contributed by atoms with van der Waals surface area (Å²) in [6.45, 7) is 6.82. The standard InChI is InChI=1S/C11H18BrN5O/c1-4-14-10-9(12)11(16-6-15-10)17(7(2)3)5-8(13)18/h6-7H,4-5H2,1-3H3,(H2,13,18)(H,14,15,16). The highest BCUT2D eigenvalue weighted by molar-refractivity contribution is 9.10. The lowest BCUT2D eigenvalue weighted by atomic mass is 10.3. The molecule has 0 radical (unpaired) electrons. The number of nitrogens with two attached hydrogens (primary N) is 1. The summed E-state index contributed by atoms with van der Waals surface area (Å²) in [5, 5.41) is 3.12. The molecule has 18 heavy (non-hydrogen) atoms. The van der Waals surface area contributed by atoms with E-state index < -0.39 is 0 Å². The lowest BCUT2D eigenvalue weighted by Gasteiger charge is -2.27. The maximum atomic E-state index is 11.1. The second-order valence-electron chi connectivity index (χ2n) is 4.08. The van der Waals surface area contributed by atoms with Crippen molar-refractivity contribution in [2.24, 2.45) is 5.73 Å². The van der Waals surface area contributed by atoms with Crippen LogP contribution in [0.1, 0.15) is 20.8 Å². The van der Waals surface area contributed by atoms with Gasteiger partial charge in [-0.25, -0.2) is 9.97 Å². The van der Waals surface area contributed by atoms with Crippen molar-refractivity contribution in [2.75, 3.05) is 23.3 Å². The number of rotatable bonds is 6. The molecule has 1 aromatic heterocycles. The Kier molecular flexibility index (Phi) is 5.33. The highest BCUT2D eigenvalue weighted by atomic mass is 79.9. The summed E-state index contributed by atoms with van der Waals surface area (Å²) in [7, 11) is 0. The average Bonchev–Trinajstić information content (AvgIpc) is 2.29. The van der Waals surface area contributed by atoms with E-state index in [1.54, 1.807) is 0 Å². The van der Waals surface area contributed by atoms with Crippen molar-refractivity contribution < 1.29 is 4.79 Å². The van der Waals surface area contributed by atoms with E-state index in [0.29, 0.717) is 11.6 Å². The van der Waals surface area contributed by atoms with Crippen LogP contribution in [0.5, 0.6) is 0 Å². The molecular weight excluding hydrogens is 298 g/mol. The van der Waals surface area contributed by atoms with Crippen LogP contribution in [0.2, 0.25) is 0 Å². The van der Waals surface area contributed by atoms with Crippen LogP contribution >= 0.6 is 15.9 Å². The molecule has 0 spiro atoms. The molecule has 1 rings (SSSR count).